The lowest BCUT2D eigenvalue weighted by molar-refractivity contribution is -0.139. The van der Waals surface area contributed by atoms with Gasteiger partial charge in [0, 0.05) is 25.3 Å². The number of carboxylic acids is 1. The first-order valence-corrected chi connectivity index (χ1v) is 6.58. The van der Waals surface area contributed by atoms with Gasteiger partial charge in [-0.1, -0.05) is 19.9 Å². The highest BCUT2D eigenvalue weighted by Gasteiger charge is 2.20. The molecule has 0 saturated carbocycles. The van der Waals surface area contributed by atoms with Gasteiger partial charge in [-0.2, -0.15) is 0 Å². The van der Waals surface area contributed by atoms with Gasteiger partial charge in [0.2, 0.25) is 0 Å². The monoisotopic (exact) mass is 264 g/mol. The van der Waals surface area contributed by atoms with Crippen LogP contribution in [0.2, 0.25) is 0 Å². The molecule has 0 fully saturated rings. The summed E-state index contributed by atoms with van der Waals surface area (Å²) >= 11 is 0. The third-order valence-corrected chi connectivity index (χ3v) is 2.94. The third-order valence-electron chi connectivity index (χ3n) is 2.94. The van der Waals surface area contributed by atoms with Gasteiger partial charge in [0.25, 0.3) is 0 Å². The predicted octanol–water partition coefficient (Wildman–Crippen LogP) is 2.19. The maximum atomic E-state index is 11.2. The molecular formula is C15H24N2O2. The molecule has 1 aromatic carbocycles. The standard InChI is InChI=1S/C15H24N2O2/c1-10(2)16-14(15(18)19)9-17(5)13-7-11(3)6-12(4)8-13/h6-8,10,14,16H,9H2,1-5H3,(H,18,19). The lowest BCUT2D eigenvalue weighted by Crippen LogP contribution is -2.47. The molecule has 0 aliphatic heterocycles. The molecule has 1 atom stereocenters. The van der Waals surface area contributed by atoms with Crippen LogP contribution in [0.15, 0.2) is 18.2 Å². The van der Waals surface area contributed by atoms with Crippen molar-refractivity contribution in [2.45, 2.75) is 39.8 Å². The summed E-state index contributed by atoms with van der Waals surface area (Å²) in [6.07, 6.45) is 0. The first kappa shape index (κ1) is 15.5. The summed E-state index contributed by atoms with van der Waals surface area (Å²) in [6.45, 7) is 8.44. The summed E-state index contributed by atoms with van der Waals surface area (Å²) in [5.41, 5.74) is 3.42. The summed E-state index contributed by atoms with van der Waals surface area (Å²) in [5.74, 6) is -0.815. The number of hydrogen-bond donors (Lipinski definition) is 2. The minimum absolute atomic E-state index is 0.147. The van der Waals surface area contributed by atoms with Crippen molar-refractivity contribution >= 4 is 11.7 Å². The van der Waals surface area contributed by atoms with Crippen LogP contribution < -0.4 is 10.2 Å². The van der Waals surface area contributed by atoms with Gasteiger partial charge in [0.15, 0.2) is 0 Å². The second-order valence-corrected chi connectivity index (χ2v) is 5.44. The number of carbonyl (C=O) groups is 1. The van der Waals surface area contributed by atoms with Crippen molar-refractivity contribution in [3.63, 3.8) is 0 Å². The lowest BCUT2D eigenvalue weighted by Gasteiger charge is -2.26. The molecule has 0 aliphatic rings. The number of hydrogen-bond acceptors (Lipinski definition) is 3. The van der Waals surface area contributed by atoms with E-state index in [4.69, 9.17) is 0 Å². The van der Waals surface area contributed by atoms with Gasteiger partial charge in [0.05, 0.1) is 0 Å². The van der Waals surface area contributed by atoms with Crippen LogP contribution in [0.4, 0.5) is 5.69 Å². The number of nitrogens with zero attached hydrogens (tertiary/aromatic N) is 1. The van der Waals surface area contributed by atoms with E-state index in [2.05, 4.69) is 23.5 Å². The molecule has 0 aromatic heterocycles. The summed E-state index contributed by atoms with van der Waals surface area (Å²) in [7, 11) is 1.92. The van der Waals surface area contributed by atoms with E-state index in [0.717, 1.165) is 5.69 Å². The van der Waals surface area contributed by atoms with Crippen molar-refractivity contribution < 1.29 is 9.90 Å². The van der Waals surface area contributed by atoms with Crippen LogP contribution in [-0.2, 0) is 4.79 Å². The van der Waals surface area contributed by atoms with E-state index < -0.39 is 12.0 Å². The van der Waals surface area contributed by atoms with Gasteiger partial charge in [-0.25, -0.2) is 0 Å². The molecule has 0 bridgehead atoms. The number of rotatable bonds is 6. The summed E-state index contributed by atoms with van der Waals surface area (Å²) < 4.78 is 0. The molecular weight excluding hydrogens is 240 g/mol. The smallest absolute Gasteiger partial charge is 0.322 e. The molecule has 1 unspecified atom stereocenters. The number of aryl methyl sites for hydroxylation is 2. The molecule has 0 saturated heterocycles. The molecule has 0 aliphatic carbocycles. The van der Waals surface area contributed by atoms with Crippen molar-refractivity contribution in [2.24, 2.45) is 0 Å². The van der Waals surface area contributed by atoms with Crippen LogP contribution in [-0.4, -0.2) is 36.8 Å². The molecule has 19 heavy (non-hydrogen) atoms. The molecule has 2 N–H and O–H groups in total. The van der Waals surface area contributed by atoms with Gasteiger partial charge in [0.1, 0.15) is 6.04 Å². The van der Waals surface area contributed by atoms with Crippen LogP contribution in [0.25, 0.3) is 0 Å². The number of likely N-dealkylation sites (N-methyl/N-ethyl adjacent to an activating group) is 1. The predicted molar refractivity (Wildman–Crippen MR) is 78.9 cm³/mol. The molecule has 4 heteroatoms. The minimum atomic E-state index is -0.815. The Morgan fingerprint density at radius 2 is 1.79 bits per heavy atom. The highest BCUT2D eigenvalue weighted by Crippen LogP contribution is 2.17. The molecule has 106 valence electrons. The Hall–Kier alpha value is -1.55. The maximum absolute atomic E-state index is 11.2. The van der Waals surface area contributed by atoms with Crippen molar-refractivity contribution in [1.29, 1.82) is 0 Å². The second kappa shape index (κ2) is 6.57. The molecule has 0 radical (unpaired) electrons. The van der Waals surface area contributed by atoms with E-state index in [0.29, 0.717) is 6.54 Å². The Kier molecular flexibility index (Phi) is 5.36. The van der Waals surface area contributed by atoms with Gasteiger partial charge in [-0.15, -0.1) is 0 Å². The van der Waals surface area contributed by atoms with E-state index >= 15 is 0 Å². The third kappa shape index (κ3) is 4.91. The summed E-state index contributed by atoms with van der Waals surface area (Å²) in [5, 5.41) is 12.3. The normalized spacial score (nSPS) is 12.5. The Morgan fingerprint density at radius 3 is 2.21 bits per heavy atom. The molecule has 1 rings (SSSR count). The zero-order valence-corrected chi connectivity index (χ0v) is 12.4. The fourth-order valence-electron chi connectivity index (χ4n) is 2.15. The maximum Gasteiger partial charge on any atom is 0.322 e. The van der Waals surface area contributed by atoms with Crippen molar-refractivity contribution in [3.8, 4) is 0 Å². The summed E-state index contributed by atoms with van der Waals surface area (Å²) in [6, 6.07) is 5.83. The SMILES string of the molecule is Cc1cc(C)cc(N(C)CC(NC(C)C)C(=O)O)c1. The first-order chi connectivity index (χ1) is 8.79. The minimum Gasteiger partial charge on any atom is -0.480 e. The highest BCUT2D eigenvalue weighted by atomic mass is 16.4. The Balaban J connectivity index is 2.81. The van der Waals surface area contributed by atoms with Crippen LogP contribution in [0.3, 0.4) is 0 Å². The van der Waals surface area contributed by atoms with E-state index in [1.165, 1.54) is 11.1 Å². The number of anilines is 1. The first-order valence-electron chi connectivity index (χ1n) is 6.58. The fraction of sp³-hybridized carbons (Fsp3) is 0.533. The molecule has 0 amide bonds. The average Bonchev–Trinajstić information content (AvgIpc) is 2.25. The Bertz CT molecular complexity index is 424. The van der Waals surface area contributed by atoms with Gasteiger partial charge >= 0.3 is 5.97 Å². The zero-order chi connectivity index (χ0) is 14.6. The van der Waals surface area contributed by atoms with Crippen LogP contribution in [0.1, 0.15) is 25.0 Å². The van der Waals surface area contributed by atoms with E-state index in [-0.39, 0.29) is 6.04 Å². The average molecular weight is 264 g/mol. The molecule has 4 nitrogen and oxygen atoms in total. The topological polar surface area (TPSA) is 52.6 Å². The van der Waals surface area contributed by atoms with Crippen molar-refractivity contribution in [3.05, 3.63) is 29.3 Å². The van der Waals surface area contributed by atoms with Gasteiger partial charge in [-0.05, 0) is 37.1 Å². The number of benzene rings is 1. The molecule has 0 heterocycles. The molecule has 0 spiro atoms. The Labute approximate surface area is 115 Å². The van der Waals surface area contributed by atoms with Crippen LogP contribution in [0.5, 0.6) is 0 Å². The number of carboxylic acid groups (broad SMARTS) is 1. The molecule has 1 aromatic rings. The van der Waals surface area contributed by atoms with Crippen LogP contribution in [0, 0.1) is 13.8 Å². The van der Waals surface area contributed by atoms with Crippen molar-refractivity contribution in [2.75, 3.05) is 18.5 Å². The zero-order valence-electron chi connectivity index (χ0n) is 12.4. The summed E-state index contributed by atoms with van der Waals surface area (Å²) in [4.78, 5) is 13.2. The lowest BCUT2D eigenvalue weighted by atomic mass is 10.1. The number of aliphatic carboxylic acids is 1. The van der Waals surface area contributed by atoms with Gasteiger partial charge < -0.3 is 15.3 Å². The highest BCUT2D eigenvalue weighted by molar-refractivity contribution is 5.74. The second-order valence-electron chi connectivity index (χ2n) is 5.44. The fourth-order valence-corrected chi connectivity index (χ4v) is 2.15. The van der Waals surface area contributed by atoms with Crippen LogP contribution >= 0.6 is 0 Å². The quantitative estimate of drug-likeness (QED) is 0.827. The number of nitrogens with one attached hydrogen (secondary N) is 1. The van der Waals surface area contributed by atoms with E-state index in [1.54, 1.807) is 0 Å². The largest absolute Gasteiger partial charge is 0.480 e. The van der Waals surface area contributed by atoms with E-state index in [1.807, 2.05) is 39.6 Å². The van der Waals surface area contributed by atoms with Gasteiger partial charge in [-0.3, -0.25) is 4.79 Å². The van der Waals surface area contributed by atoms with E-state index in [9.17, 15) is 9.90 Å². The van der Waals surface area contributed by atoms with Crippen molar-refractivity contribution in [1.82, 2.24) is 5.32 Å². The Morgan fingerprint density at radius 1 is 1.26 bits per heavy atom.